The number of likely N-dealkylation sites (tertiary alicyclic amines) is 1. The Morgan fingerprint density at radius 2 is 2.11 bits per heavy atom. The third kappa shape index (κ3) is 8.35. The third-order valence-electron chi connectivity index (χ3n) is 4.48. The molecule has 0 saturated carbocycles. The van der Waals surface area contributed by atoms with Gasteiger partial charge in [-0.15, -0.1) is 24.0 Å². The number of aliphatic imine (C=N–C) groups is 1. The average molecular weight is 494 g/mol. The molecular formula is C19H35IN4O3. The predicted molar refractivity (Wildman–Crippen MR) is 118 cm³/mol. The first-order valence-corrected chi connectivity index (χ1v) is 9.73. The number of ether oxygens (including phenoxy) is 2. The van der Waals surface area contributed by atoms with E-state index in [9.17, 15) is 0 Å². The monoisotopic (exact) mass is 494 g/mol. The molecule has 0 atom stereocenters. The average Bonchev–Trinajstić information content (AvgIpc) is 3.12. The first-order valence-electron chi connectivity index (χ1n) is 9.73. The summed E-state index contributed by atoms with van der Waals surface area (Å²) in [5, 5.41) is 7.48. The first kappa shape index (κ1) is 24.2. The van der Waals surface area contributed by atoms with Crippen LogP contribution in [0.15, 0.2) is 15.6 Å². The molecule has 1 aliphatic heterocycles. The molecule has 0 radical (unpaired) electrons. The number of aromatic nitrogens is 1. The lowest BCUT2D eigenvalue weighted by atomic mass is 10.1. The van der Waals surface area contributed by atoms with Gasteiger partial charge in [0.15, 0.2) is 11.7 Å². The molecule has 2 rings (SSSR count). The van der Waals surface area contributed by atoms with Crippen molar-refractivity contribution in [1.29, 1.82) is 0 Å². The minimum absolute atomic E-state index is 0. The van der Waals surface area contributed by atoms with E-state index in [1.807, 2.05) is 6.07 Å². The molecule has 0 aliphatic carbocycles. The van der Waals surface area contributed by atoms with Gasteiger partial charge < -0.3 is 24.2 Å². The molecule has 0 spiro atoms. The van der Waals surface area contributed by atoms with Crippen LogP contribution in [0.25, 0.3) is 0 Å². The van der Waals surface area contributed by atoms with Crippen molar-refractivity contribution in [1.82, 2.24) is 15.4 Å². The number of halogens is 1. The normalized spacial score (nSPS) is 15.9. The Morgan fingerprint density at radius 1 is 1.37 bits per heavy atom. The van der Waals surface area contributed by atoms with Crippen LogP contribution in [0.1, 0.15) is 57.4 Å². The zero-order valence-corrected chi connectivity index (χ0v) is 19.4. The predicted octanol–water partition coefficient (Wildman–Crippen LogP) is 3.40. The van der Waals surface area contributed by atoms with E-state index in [1.54, 1.807) is 7.11 Å². The second-order valence-corrected chi connectivity index (χ2v) is 6.95. The van der Waals surface area contributed by atoms with Gasteiger partial charge in [-0.2, -0.15) is 0 Å². The third-order valence-corrected chi connectivity index (χ3v) is 4.48. The minimum atomic E-state index is 0. The summed E-state index contributed by atoms with van der Waals surface area (Å²) in [7, 11) is 1.72. The number of nitrogens with one attached hydrogen (secondary N) is 1. The van der Waals surface area contributed by atoms with E-state index < -0.39 is 0 Å². The minimum Gasteiger partial charge on any atom is -0.385 e. The highest BCUT2D eigenvalue weighted by atomic mass is 127. The zero-order chi connectivity index (χ0) is 18.8. The van der Waals surface area contributed by atoms with Crippen molar-refractivity contribution in [2.75, 3.05) is 40.0 Å². The fourth-order valence-electron chi connectivity index (χ4n) is 2.94. The van der Waals surface area contributed by atoms with E-state index in [4.69, 9.17) is 19.0 Å². The van der Waals surface area contributed by atoms with E-state index in [1.165, 1.54) is 0 Å². The Bertz CT molecular complexity index is 543. The molecule has 0 unspecified atom stereocenters. The summed E-state index contributed by atoms with van der Waals surface area (Å²) >= 11 is 0. The summed E-state index contributed by atoms with van der Waals surface area (Å²) in [6.07, 6.45) is 3.35. The summed E-state index contributed by atoms with van der Waals surface area (Å²) in [6, 6.07) is 2.00. The number of guanidine groups is 1. The van der Waals surface area contributed by atoms with Crippen molar-refractivity contribution in [3.63, 3.8) is 0 Å². The van der Waals surface area contributed by atoms with Crippen LogP contribution in [0, 0.1) is 0 Å². The Labute approximate surface area is 180 Å². The molecular weight excluding hydrogens is 459 g/mol. The lowest BCUT2D eigenvalue weighted by Crippen LogP contribution is -2.47. The van der Waals surface area contributed by atoms with Crippen LogP contribution >= 0.6 is 24.0 Å². The van der Waals surface area contributed by atoms with Crippen LogP contribution in [-0.4, -0.2) is 62.1 Å². The highest BCUT2D eigenvalue weighted by molar-refractivity contribution is 14.0. The molecule has 8 heteroatoms. The maximum absolute atomic E-state index is 5.94. The largest absolute Gasteiger partial charge is 0.385 e. The molecule has 156 valence electrons. The Morgan fingerprint density at radius 3 is 2.70 bits per heavy atom. The quantitative estimate of drug-likeness (QED) is 0.246. The summed E-state index contributed by atoms with van der Waals surface area (Å²) < 4.78 is 16.4. The number of rotatable bonds is 9. The number of hydrogen-bond donors (Lipinski definition) is 1. The van der Waals surface area contributed by atoms with E-state index in [0.29, 0.717) is 18.6 Å². The fraction of sp³-hybridized carbons (Fsp3) is 0.789. The second kappa shape index (κ2) is 13.3. The number of nitrogens with zero attached hydrogens (tertiary/aromatic N) is 3. The number of methoxy groups -OCH3 is 1. The maximum Gasteiger partial charge on any atom is 0.194 e. The molecule has 1 aliphatic rings. The van der Waals surface area contributed by atoms with Gasteiger partial charge in [0.1, 0.15) is 6.54 Å². The van der Waals surface area contributed by atoms with Crippen LogP contribution < -0.4 is 5.32 Å². The topological polar surface area (TPSA) is 72.1 Å². The van der Waals surface area contributed by atoms with Crippen LogP contribution in [0.4, 0.5) is 0 Å². The van der Waals surface area contributed by atoms with E-state index in [-0.39, 0.29) is 24.0 Å². The maximum atomic E-state index is 5.94. The van der Waals surface area contributed by atoms with Gasteiger partial charge in [0, 0.05) is 46.0 Å². The molecule has 0 aromatic carbocycles. The zero-order valence-electron chi connectivity index (χ0n) is 17.1. The van der Waals surface area contributed by atoms with Crippen molar-refractivity contribution < 1.29 is 14.0 Å². The van der Waals surface area contributed by atoms with Crippen molar-refractivity contribution in [2.45, 2.75) is 58.6 Å². The molecule has 27 heavy (non-hydrogen) atoms. The van der Waals surface area contributed by atoms with Crippen molar-refractivity contribution in [3.8, 4) is 0 Å². The van der Waals surface area contributed by atoms with Crippen molar-refractivity contribution in [2.24, 2.45) is 4.99 Å². The van der Waals surface area contributed by atoms with Gasteiger partial charge >= 0.3 is 0 Å². The molecule has 1 fully saturated rings. The Hall–Kier alpha value is -0.870. The summed E-state index contributed by atoms with van der Waals surface area (Å²) in [4.78, 5) is 7.04. The lowest BCUT2D eigenvalue weighted by Gasteiger charge is -2.34. The highest BCUT2D eigenvalue weighted by Crippen LogP contribution is 2.16. The Balaban J connectivity index is 0.00000364. The molecule has 1 N–H and O–H groups in total. The summed E-state index contributed by atoms with van der Waals surface area (Å²) in [5.41, 5.74) is 0.978. The van der Waals surface area contributed by atoms with E-state index in [0.717, 1.165) is 69.5 Å². The molecule has 0 amide bonds. The number of piperidine rings is 1. The van der Waals surface area contributed by atoms with Gasteiger partial charge in [-0.05, 0) is 32.1 Å². The molecule has 7 nitrogen and oxygen atoms in total. The van der Waals surface area contributed by atoms with Crippen LogP contribution in [0.5, 0.6) is 0 Å². The van der Waals surface area contributed by atoms with Crippen LogP contribution in [-0.2, 0) is 16.0 Å². The molecule has 2 heterocycles. The van der Waals surface area contributed by atoms with Gasteiger partial charge in [0.2, 0.25) is 0 Å². The first-order chi connectivity index (χ1) is 12.6. The second-order valence-electron chi connectivity index (χ2n) is 6.95. The molecule has 1 aromatic heterocycles. The van der Waals surface area contributed by atoms with Gasteiger partial charge in [-0.25, -0.2) is 4.99 Å². The SMILES string of the molecule is CCNC(=NCc1cc(C(C)C)no1)N1CCC(OCCCOC)CC1.I. The van der Waals surface area contributed by atoms with Gasteiger partial charge in [-0.3, -0.25) is 0 Å². The van der Waals surface area contributed by atoms with Gasteiger partial charge in [-0.1, -0.05) is 19.0 Å². The highest BCUT2D eigenvalue weighted by Gasteiger charge is 2.22. The molecule has 1 aromatic rings. The van der Waals surface area contributed by atoms with Crippen molar-refractivity contribution in [3.05, 3.63) is 17.5 Å². The standard InChI is InChI=1S/C19H34N4O3.HI/c1-5-20-19(21-14-17-13-18(15(2)3)22-26-17)23-9-7-16(8-10-23)25-12-6-11-24-4;/h13,15-16H,5-12,14H2,1-4H3,(H,20,21);1H. The Kier molecular flexibility index (Phi) is 11.9. The molecule has 1 saturated heterocycles. The summed E-state index contributed by atoms with van der Waals surface area (Å²) in [6.45, 7) is 11.1. The smallest absolute Gasteiger partial charge is 0.194 e. The fourth-order valence-corrected chi connectivity index (χ4v) is 2.94. The van der Waals surface area contributed by atoms with E-state index >= 15 is 0 Å². The van der Waals surface area contributed by atoms with Gasteiger partial charge in [0.05, 0.1) is 11.8 Å². The molecule has 0 bridgehead atoms. The van der Waals surface area contributed by atoms with E-state index in [2.05, 4.69) is 36.1 Å². The van der Waals surface area contributed by atoms with Crippen LogP contribution in [0.3, 0.4) is 0 Å². The van der Waals surface area contributed by atoms with Crippen molar-refractivity contribution >= 4 is 29.9 Å². The summed E-state index contributed by atoms with van der Waals surface area (Å²) in [5.74, 6) is 2.11. The lowest BCUT2D eigenvalue weighted by molar-refractivity contribution is 0.00989. The van der Waals surface area contributed by atoms with Crippen LogP contribution in [0.2, 0.25) is 0 Å². The van der Waals surface area contributed by atoms with Gasteiger partial charge in [0.25, 0.3) is 0 Å². The number of hydrogen-bond acceptors (Lipinski definition) is 5.